The van der Waals surface area contributed by atoms with E-state index in [9.17, 15) is 9.59 Å². The number of anilines is 1. The number of fused-ring (bicyclic) bond motifs is 1. The van der Waals surface area contributed by atoms with Gasteiger partial charge in [-0.15, -0.1) is 0 Å². The number of aromatic nitrogens is 2. The van der Waals surface area contributed by atoms with Crippen LogP contribution in [0.25, 0.3) is 11.0 Å². The molecule has 0 N–H and O–H groups in total. The monoisotopic (exact) mass is 436 g/mol. The Morgan fingerprint density at radius 2 is 1.84 bits per heavy atom. The molecule has 1 saturated heterocycles. The van der Waals surface area contributed by atoms with Gasteiger partial charge in [-0.3, -0.25) is 4.79 Å². The molecular formula is C24H28N4O4. The van der Waals surface area contributed by atoms with Gasteiger partial charge in [0.05, 0.1) is 0 Å². The molecule has 0 unspecified atom stereocenters. The van der Waals surface area contributed by atoms with E-state index in [2.05, 4.69) is 23.7 Å². The van der Waals surface area contributed by atoms with Crippen LogP contribution >= 0.6 is 0 Å². The summed E-state index contributed by atoms with van der Waals surface area (Å²) in [6.45, 7) is 10.6. The lowest BCUT2D eigenvalue weighted by Gasteiger charge is -2.35. The Morgan fingerprint density at radius 1 is 1.09 bits per heavy atom. The third-order valence-corrected chi connectivity index (χ3v) is 5.62. The van der Waals surface area contributed by atoms with Crippen molar-refractivity contribution >= 4 is 22.7 Å². The van der Waals surface area contributed by atoms with Gasteiger partial charge in [0.25, 0.3) is 5.91 Å². The normalized spacial score (nSPS) is 14.3. The van der Waals surface area contributed by atoms with Gasteiger partial charge in [-0.2, -0.15) is 0 Å². The van der Waals surface area contributed by atoms with Crippen LogP contribution < -0.4 is 15.3 Å². The first-order valence-corrected chi connectivity index (χ1v) is 10.9. The number of piperazine rings is 1. The van der Waals surface area contributed by atoms with E-state index in [-0.39, 0.29) is 18.4 Å². The Bertz CT molecular complexity index is 1200. The molecule has 0 atom stereocenters. The molecule has 2 aromatic heterocycles. The lowest BCUT2D eigenvalue weighted by Crippen LogP contribution is -2.50. The predicted molar refractivity (Wildman–Crippen MR) is 122 cm³/mol. The van der Waals surface area contributed by atoms with Crippen LogP contribution in [0, 0.1) is 13.8 Å². The van der Waals surface area contributed by atoms with Gasteiger partial charge in [0.2, 0.25) is 0 Å². The summed E-state index contributed by atoms with van der Waals surface area (Å²) in [5, 5.41) is 0.847. The predicted octanol–water partition coefficient (Wildman–Crippen LogP) is 3.05. The summed E-state index contributed by atoms with van der Waals surface area (Å²) in [7, 11) is 0. The second kappa shape index (κ2) is 8.98. The third-order valence-electron chi connectivity index (χ3n) is 5.62. The lowest BCUT2D eigenvalue weighted by atomic mass is 10.1. The highest BCUT2D eigenvalue weighted by atomic mass is 16.5. The summed E-state index contributed by atoms with van der Waals surface area (Å²) >= 11 is 0. The highest BCUT2D eigenvalue weighted by molar-refractivity contribution is 5.82. The van der Waals surface area contributed by atoms with E-state index < -0.39 is 5.63 Å². The van der Waals surface area contributed by atoms with Crippen LogP contribution in [0.1, 0.15) is 36.8 Å². The number of ether oxygens (including phenoxy) is 1. The summed E-state index contributed by atoms with van der Waals surface area (Å²) in [4.78, 5) is 37.5. The van der Waals surface area contributed by atoms with Crippen LogP contribution in [-0.4, -0.2) is 53.6 Å². The maximum Gasteiger partial charge on any atom is 0.336 e. The zero-order chi connectivity index (χ0) is 22.8. The number of hydrogen-bond acceptors (Lipinski definition) is 7. The van der Waals surface area contributed by atoms with Crippen molar-refractivity contribution in [1.29, 1.82) is 0 Å². The quantitative estimate of drug-likeness (QED) is 0.568. The molecule has 168 valence electrons. The molecule has 3 heterocycles. The standard InChI is InChI=1S/C24H28N4O4/c1-15(2)24-25-17(4)12-21(26-24)27-7-9-28(10-8-27)22(29)14-31-18-5-6-19-16(3)11-23(30)32-20(19)13-18/h5-6,11-13,15H,7-10,14H2,1-4H3. The fourth-order valence-electron chi connectivity index (χ4n) is 3.81. The number of aryl methyl sites for hydroxylation is 2. The lowest BCUT2D eigenvalue weighted by molar-refractivity contribution is -0.133. The molecule has 1 aliphatic heterocycles. The zero-order valence-electron chi connectivity index (χ0n) is 18.9. The van der Waals surface area contributed by atoms with Gasteiger partial charge in [0.1, 0.15) is 23.0 Å². The fraction of sp³-hybridized carbons (Fsp3) is 0.417. The summed E-state index contributed by atoms with van der Waals surface area (Å²) in [5.74, 6) is 2.44. The zero-order valence-corrected chi connectivity index (χ0v) is 18.9. The van der Waals surface area contributed by atoms with Crippen LogP contribution in [-0.2, 0) is 4.79 Å². The molecule has 8 heteroatoms. The van der Waals surface area contributed by atoms with Gasteiger partial charge in [-0.05, 0) is 31.5 Å². The second-order valence-corrected chi connectivity index (χ2v) is 8.44. The van der Waals surface area contributed by atoms with Crippen molar-refractivity contribution in [2.75, 3.05) is 37.7 Å². The molecule has 3 aromatic rings. The molecule has 0 aliphatic carbocycles. The minimum atomic E-state index is -0.402. The summed E-state index contributed by atoms with van der Waals surface area (Å²) < 4.78 is 10.9. The van der Waals surface area contributed by atoms with Crippen molar-refractivity contribution in [2.45, 2.75) is 33.6 Å². The van der Waals surface area contributed by atoms with E-state index in [1.807, 2.05) is 26.0 Å². The Kier molecular flexibility index (Phi) is 6.12. The third kappa shape index (κ3) is 4.74. The number of amides is 1. The van der Waals surface area contributed by atoms with E-state index in [4.69, 9.17) is 14.1 Å². The van der Waals surface area contributed by atoms with Crippen LogP contribution in [0.4, 0.5) is 5.82 Å². The van der Waals surface area contributed by atoms with Crippen molar-refractivity contribution in [3.63, 3.8) is 0 Å². The van der Waals surface area contributed by atoms with Gasteiger partial charge in [-0.25, -0.2) is 14.8 Å². The Hall–Kier alpha value is -3.42. The van der Waals surface area contributed by atoms with E-state index in [1.54, 1.807) is 17.0 Å². The van der Waals surface area contributed by atoms with Crippen LogP contribution in [0.5, 0.6) is 5.75 Å². The fourth-order valence-corrected chi connectivity index (χ4v) is 3.81. The van der Waals surface area contributed by atoms with Gasteiger partial charge in [0.15, 0.2) is 6.61 Å². The van der Waals surface area contributed by atoms with Crippen molar-refractivity contribution in [2.24, 2.45) is 0 Å². The van der Waals surface area contributed by atoms with Crippen molar-refractivity contribution in [1.82, 2.24) is 14.9 Å². The number of rotatable bonds is 5. The first kappa shape index (κ1) is 21.8. The average molecular weight is 437 g/mol. The van der Waals surface area contributed by atoms with Gasteiger partial charge in [0, 0.05) is 61.4 Å². The summed E-state index contributed by atoms with van der Waals surface area (Å²) in [6, 6.07) is 8.72. The first-order valence-electron chi connectivity index (χ1n) is 10.9. The van der Waals surface area contributed by atoms with Crippen LogP contribution in [0.3, 0.4) is 0 Å². The Balaban J connectivity index is 1.35. The van der Waals surface area contributed by atoms with E-state index >= 15 is 0 Å². The van der Waals surface area contributed by atoms with Gasteiger partial charge < -0.3 is 19.0 Å². The molecule has 1 amide bonds. The number of benzene rings is 1. The molecule has 32 heavy (non-hydrogen) atoms. The number of carbonyl (C=O) groups is 1. The number of carbonyl (C=O) groups excluding carboxylic acids is 1. The Morgan fingerprint density at radius 3 is 2.56 bits per heavy atom. The minimum Gasteiger partial charge on any atom is -0.484 e. The number of hydrogen-bond donors (Lipinski definition) is 0. The molecule has 8 nitrogen and oxygen atoms in total. The molecule has 0 saturated carbocycles. The van der Waals surface area contributed by atoms with Crippen LogP contribution in [0.15, 0.2) is 39.5 Å². The van der Waals surface area contributed by atoms with Crippen molar-refractivity contribution in [3.05, 3.63) is 57.8 Å². The molecule has 1 fully saturated rings. The van der Waals surface area contributed by atoms with Crippen LogP contribution in [0.2, 0.25) is 0 Å². The molecular weight excluding hydrogens is 408 g/mol. The SMILES string of the molecule is Cc1cc(N2CCN(C(=O)COc3ccc4c(C)cc(=O)oc4c3)CC2)nc(C(C)C)n1. The first-order chi connectivity index (χ1) is 15.3. The highest BCUT2D eigenvalue weighted by Gasteiger charge is 2.23. The largest absolute Gasteiger partial charge is 0.484 e. The molecule has 1 aromatic carbocycles. The molecule has 4 rings (SSSR count). The topological polar surface area (TPSA) is 88.8 Å². The average Bonchev–Trinajstić information content (AvgIpc) is 2.76. The second-order valence-electron chi connectivity index (χ2n) is 8.44. The van der Waals surface area contributed by atoms with E-state index in [0.717, 1.165) is 28.3 Å². The van der Waals surface area contributed by atoms with E-state index in [1.165, 1.54) is 6.07 Å². The Labute approximate surface area is 186 Å². The maximum atomic E-state index is 12.7. The smallest absolute Gasteiger partial charge is 0.336 e. The maximum absolute atomic E-state index is 12.7. The molecule has 1 aliphatic rings. The highest BCUT2D eigenvalue weighted by Crippen LogP contribution is 2.23. The number of nitrogens with zero attached hydrogens (tertiary/aromatic N) is 4. The van der Waals surface area contributed by atoms with Gasteiger partial charge >= 0.3 is 5.63 Å². The summed E-state index contributed by atoms with van der Waals surface area (Å²) in [5.41, 5.74) is 1.85. The van der Waals surface area contributed by atoms with Gasteiger partial charge in [-0.1, -0.05) is 13.8 Å². The van der Waals surface area contributed by atoms with E-state index in [0.29, 0.717) is 37.5 Å². The minimum absolute atomic E-state index is 0.0638. The summed E-state index contributed by atoms with van der Waals surface area (Å²) in [6.07, 6.45) is 0. The van der Waals surface area contributed by atoms with Crippen molar-refractivity contribution in [3.8, 4) is 5.75 Å². The molecule has 0 radical (unpaired) electrons. The van der Waals surface area contributed by atoms with Crippen molar-refractivity contribution < 1.29 is 13.9 Å². The molecule has 0 bridgehead atoms. The molecule has 0 spiro atoms.